The second-order valence-corrected chi connectivity index (χ2v) is 9.78. The minimum atomic E-state index is -0.787. The van der Waals surface area contributed by atoms with Crippen molar-refractivity contribution in [2.45, 2.75) is 16.7 Å². The highest BCUT2D eigenvalue weighted by Gasteiger charge is 2.37. The van der Waals surface area contributed by atoms with Crippen molar-refractivity contribution < 1.29 is 28.7 Å². The summed E-state index contributed by atoms with van der Waals surface area (Å²) in [5, 5.41) is 2.78. The highest BCUT2D eigenvalue weighted by atomic mass is 32.2. The van der Waals surface area contributed by atoms with Crippen LogP contribution in [0.3, 0.4) is 0 Å². The van der Waals surface area contributed by atoms with Crippen LogP contribution in [0, 0.1) is 0 Å². The maximum absolute atomic E-state index is 13.1. The molecule has 0 aromatic heterocycles. The number of nitrogens with one attached hydrogen (secondary N) is 1. The lowest BCUT2D eigenvalue weighted by molar-refractivity contribution is -0.119. The molecular formula is C31H24N2O6S. The standard InChI is InChI=1S/C31H24N2O6S/c1-2-38-22-15-13-21(14-16-22)33-29(35)24-17-12-20(18-25(24)30(33)36)31(37)39-19-28(34)32-26-10-6-7-11-27(26)40-23-8-4-3-5-9-23/h3-18H,2,19H2,1H3,(H,32,34). The Kier molecular flexibility index (Phi) is 7.93. The van der Waals surface area contributed by atoms with E-state index in [9.17, 15) is 19.2 Å². The van der Waals surface area contributed by atoms with Crippen LogP contribution in [0.5, 0.6) is 5.75 Å². The van der Waals surface area contributed by atoms with Crippen LogP contribution in [-0.2, 0) is 9.53 Å². The first-order valence-corrected chi connectivity index (χ1v) is 13.3. The fraction of sp³-hybridized carbons (Fsp3) is 0.0968. The molecule has 200 valence electrons. The molecule has 4 aromatic carbocycles. The van der Waals surface area contributed by atoms with Crippen LogP contribution >= 0.6 is 11.8 Å². The van der Waals surface area contributed by atoms with E-state index in [1.54, 1.807) is 36.4 Å². The number of ether oxygens (including phenoxy) is 2. The summed E-state index contributed by atoms with van der Waals surface area (Å²) in [6.07, 6.45) is 0. The van der Waals surface area contributed by atoms with Gasteiger partial charge in [-0.2, -0.15) is 0 Å². The molecule has 0 radical (unpaired) electrons. The first-order chi connectivity index (χ1) is 19.4. The van der Waals surface area contributed by atoms with Crippen LogP contribution in [0.15, 0.2) is 107 Å². The number of para-hydroxylation sites is 1. The number of benzene rings is 4. The second kappa shape index (κ2) is 11.9. The van der Waals surface area contributed by atoms with Gasteiger partial charge in [0.2, 0.25) is 0 Å². The van der Waals surface area contributed by atoms with Crippen molar-refractivity contribution in [2.75, 3.05) is 23.4 Å². The number of esters is 1. The molecule has 8 nitrogen and oxygen atoms in total. The van der Waals surface area contributed by atoms with Crippen molar-refractivity contribution in [1.29, 1.82) is 0 Å². The van der Waals surface area contributed by atoms with Crippen molar-refractivity contribution >= 4 is 46.8 Å². The highest BCUT2D eigenvalue weighted by Crippen LogP contribution is 2.33. The van der Waals surface area contributed by atoms with E-state index in [-0.39, 0.29) is 16.7 Å². The molecule has 9 heteroatoms. The van der Waals surface area contributed by atoms with E-state index >= 15 is 0 Å². The molecule has 3 amide bonds. The molecule has 1 heterocycles. The normalized spacial score (nSPS) is 12.2. The van der Waals surface area contributed by atoms with E-state index < -0.39 is 30.3 Å². The lowest BCUT2D eigenvalue weighted by atomic mass is 10.1. The monoisotopic (exact) mass is 552 g/mol. The maximum atomic E-state index is 13.1. The molecule has 0 atom stereocenters. The fourth-order valence-electron chi connectivity index (χ4n) is 4.14. The van der Waals surface area contributed by atoms with Crippen LogP contribution in [-0.4, -0.2) is 36.9 Å². The van der Waals surface area contributed by atoms with Gasteiger partial charge in [0, 0.05) is 9.79 Å². The summed E-state index contributed by atoms with van der Waals surface area (Å²) in [4.78, 5) is 54.2. The molecule has 1 aliphatic heterocycles. The lowest BCUT2D eigenvalue weighted by Gasteiger charge is -2.14. The Labute approximate surface area is 234 Å². The van der Waals surface area contributed by atoms with Gasteiger partial charge in [-0.3, -0.25) is 14.4 Å². The van der Waals surface area contributed by atoms with Crippen molar-refractivity contribution in [1.82, 2.24) is 0 Å². The van der Waals surface area contributed by atoms with Gasteiger partial charge < -0.3 is 14.8 Å². The predicted octanol–water partition coefficient (Wildman–Crippen LogP) is 5.83. The smallest absolute Gasteiger partial charge is 0.338 e. The summed E-state index contributed by atoms with van der Waals surface area (Å²) in [6.45, 7) is 1.83. The summed E-state index contributed by atoms with van der Waals surface area (Å²) < 4.78 is 10.6. The third-order valence-electron chi connectivity index (χ3n) is 5.99. The number of fused-ring (bicyclic) bond motifs is 1. The molecule has 40 heavy (non-hydrogen) atoms. The van der Waals surface area contributed by atoms with Crippen LogP contribution in [0.25, 0.3) is 0 Å². The summed E-state index contributed by atoms with van der Waals surface area (Å²) in [6, 6.07) is 27.8. The predicted molar refractivity (Wildman–Crippen MR) is 151 cm³/mol. The Bertz CT molecular complexity index is 1590. The van der Waals surface area contributed by atoms with Crippen molar-refractivity contribution in [3.05, 3.63) is 114 Å². The third-order valence-corrected chi connectivity index (χ3v) is 7.08. The topological polar surface area (TPSA) is 102 Å². The number of carbonyl (C=O) groups is 4. The molecular weight excluding hydrogens is 528 g/mol. The third kappa shape index (κ3) is 5.74. The van der Waals surface area contributed by atoms with Gasteiger partial charge in [-0.25, -0.2) is 9.69 Å². The number of amides is 3. The molecule has 0 saturated carbocycles. The number of hydrogen-bond donors (Lipinski definition) is 1. The van der Waals surface area contributed by atoms with E-state index in [0.29, 0.717) is 23.7 Å². The van der Waals surface area contributed by atoms with Gasteiger partial charge >= 0.3 is 5.97 Å². The van der Waals surface area contributed by atoms with E-state index in [0.717, 1.165) is 14.7 Å². The van der Waals surface area contributed by atoms with Gasteiger partial charge in [0.15, 0.2) is 6.61 Å². The van der Waals surface area contributed by atoms with Gasteiger partial charge in [0.25, 0.3) is 17.7 Å². The Morgan fingerprint density at radius 3 is 2.27 bits per heavy atom. The SMILES string of the molecule is CCOc1ccc(N2C(=O)c3ccc(C(=O)OCC(=O)Nc4ccccc4Sc4ccccc4)cc3C2=O)cc1. The maximum Gasteiger partial charge on any atom is 0.338 e. The van der Waals surface area contributed by atoms with Gasteiger partial charge in [0.1, 0.15) is 5.75 Å². The fourth-order valence-corrected chi connectivity index (χ4v) is 5.06. The van der Waals surface area contributed by atoms with Crippen LogP contribution in [0.1, 0.15) is 38.0 Å². The second-order valence-electron chi connectivity index (χ2n) is 8.67. The Hall–Kier alpha value is -4.89. The summed E-state index contributed by atoms with van der Waals surface area (Å²) in [5.41, 5.74) is 1.31. The van der Waals surface area contributed by atoms with Crippen LogP contribution in [0.4, 0.5) is 11.4 Å². The number of imide groups is 1. The first-order valence-electron chi connectivity index (χ1n) is 12.5. The van der Waals surface area contributed by atoms with Gasteiger partial charge in [-0.15, -0.1) is 0 Å². The zero-order valence-corrected chi connectivity index (χ0v) is 22.3. The number of rotatable bonds is 9. The van der Waals surface area contributed by atoms with Crippen molar-refractivity contribution in [2.24, 2.45) is 0 Å². The molecule has 0 fully saturated rings. The molecule has 0 aliphatic carbocycles. The van der Waals surface area contributed by atoms with Crippen molar-refractivity contribution in [3.8, 4) is 5.75 Å². The van der Waals surface area contributed by atoms with E-state index in [4.69, 9.17) is 9.47 Å². The Morgan fingerprint density at radius 2 is 1.52 bits per heavy atom. The van der Waals surface area contributed by atoms with Gasteiger partial charge in [0.05, 0.1) is 34.7 Å². The molecule has 5 rings (SSSR count). The minimum Gasteiger partial charge on any atom is -0.494 e. The molecule has 0 unspecified atom stereocenters. The molecule has 4 aromatic rings. The number of carbonyl (C=O) groups excluding carboxylic acids is 4. The highest BCUT2D eigenvalue weighted by molar-refractivity contribution is 7.99. The Balaban J connectivity index is 1.23. The first kappa shape index (κ1) is 26.7. The van der Waals surface area contributed by atoms with Crippen LogP contribution < -0.4 is 15.0 Å². The van der Waals surface area contributed by atoms with E-state index in [1.165, 1.54) is 30.0 Å². The summed E-state index contributed by atoms with van der Waals surface area (Å²) >= 11 is 1.50. The lowest BCUT2D eigenvalue weighted by Crippen LogP contribution is -2.29. The molecule has 1 N–H and O–H groups in total. The minimum absolute atomic E-state index is 0.0567. The average Bonchev–Trinajstić information content (AvgIpc) is 3.22. The zero-order chi connectivity index (χ0) is 28.1. The van der Waals surface area contributed by atoms with E-state index in [1.807, 2.05) is 49.4 Å². The number of anilines is 2. The molecule has 0 bridgehead atoms. The van der Waals surface area contributed by atoms with Crippen molar-refractivity contribution in [3.63, 3.8) is 0 Å². The molecule has 0 saturated heterocycles. The van der Waals surface area contributed by atoms with Gasteiger partial charge in [-0.05, 0) is 73.7 Å². The molecule has 0 spiro atoms. The van der Waals surface area contributed by atoms with E-state index in [2.05, 4.69) is 5.32 Å². The summed E-state index contributed by atoms with van der Waals surface area (Å²) in [7, 11) is 0. The Morgan fingerprint density at radius 1 is 0.825 bits per heavy atom. The largest absolute Gasteiger partial charge is 0.494 e. The van der Waals surface area contributed by atoms with Gasteiger partial charge in [-0.1, -0.05) is 42.1 Å². The molecule has 1 aliphatic rings. The number of hydrogen-bond acceptors (Lipinski definition) is 7. The summed E-state index contributed by atoms with van der Waals surface area (Å²) in [5.74, 6) is -1.72. The quantitative estimate of drug-likeness (QED) is 0.206. The number of nitrogens with zero attached hydrogens (tertiary/aromatic N) is 1. The van der Waals surface area contributed by atoms with Crippen LogP contribution in [0.2, 0.25) is 0 Å². The average molecular weight is 553 g/mol. The zero-order valence-electron chi connectivity index (χ0n) is 21.5.